The molecule has 3 rings (SSSR count). The number of rotatable bonds is 13. The van der Waals surface area contributed by atoms with E-state index in [1.807, 2.05) is 13.8 Å². The van der Waals surface area contributed by atoms with Gasteiger partial charge in [0.25, 0.3) is 10.0 Å². The molecule has 3 aromatic carbocycles. The smallest absolute Gasteiger partial charge is 0.264 e. The zero-order valence-corrected chi connectivity index (χ0v) is 25.7. The molecule has 0 aliphatic rings. The van der Waals surface area contributed by atoms with Gasteiger partial charge in [0.15, 0.2) is 11.5 Å². The third kappa shape index (κ3) is 7.92. The molecule has 2 atom stereocenters. The predicted octanol–water partition coefficient (Wildman–Crippen LogP) is 5.02. The Bertz CT molecular complexity index is 1490. The largest absolute Gasteiger partial charge is 0.493 e. The quantitative estimate of drug-likeness (QED) is 0.288. The summed E-state index contributed by atoms with van der Waals surface area (Å²) in [5.74, 6) is -1.12. The van der Waals surface area contributed by atoms with Gasteiger partial charge >= 0.3 is 0 Å². The molecule has 226 valence electrons. The van der Waals surface area contributed by atoms with Crippen molar-refractivity contribution in [2.45, 2.75) is 50.7 Å². The highest BCUT2D eigenvalue weighted by Crippen LogP contribution is 2.32. The lowest BCUT2D eigenvalue weighted by atomic mass is 10.1. The van der Waals surface area contributed by atoms with Gasteiger partial charge in [0.2, 0.25) is 11.8 Å². The van der Waals surface area contributed by atoms with Crippen LogP contribution in [0.4, 0.5) is 10.1 Å². The minimum atomic E-state index is -4.39. The summed E-state index contributed by atoms with van der Waals surface area (Å²) in [6, 6.07) is 14.5. The lowest BCUT2D eigenvalue weighted by molar-refractivity contribution is -0.139. The molecule has 9 nitrogen and oxygen atoms in total. The molecule has 0 aromatic heterocycles. The van der Waals surface area contributed by atoms with Crippen LogP contribution in [0.2, 0.25) is 5.02 Å². The highest BCUT2D eigenvalue weighted by molar-refractivity contribution is 7.92. The van der Waals surface area contributed by atoms with Gasteiger partial charge in [-0.25, -0.2) is 12.8 Å². The van der Waals surface area contributed by atoms with Gasteiger partial charge in [-0.15, -0.1) is 0 Å². The van der Waals surface area contributed by atoms with E-state index in [9.17, 15) is 22.4 Å². The van der Waals surface area contributed by atoms with Crippen molar-refractivity contribution in [2.75, 3.05) is 25.1 Å². The Labute approximate surface area is 251 Å². The first kappa shape index (κ1) is 32.7. The SMILES string of the molecule is CC[C@H](C)NC(=O)[C@@H](C)N(Cc1ccc(Cl)cc1)C(=O)CN(c1ccc(F)cc1)S(=O)(=O)c1ccc(OC)c(OC)c1. The first-order chi connectivity index (χ1) is 19.9. The number of amides is 2. The Morgan fingerprint density at radius 1 is 0.952 bits per heavy atom. The van der Waals surface area contributed by atoms with Crippen LogP contribution in [0.3, 0.4) is 0 Å². The van der Waals surface area contributed by atoms with Gasteiger partial charge in [-0.2, -0.15) is 0 Å². The molecule has 1 N–H and O–H groups in total. The molecular formula is C30H35ClFN3O6S. The first-order valence-electron chi connectivity index (χ1n) is 13.3. The van der Waals surface area contributed by atoms with Gasteiger partial charge < -0.3 is 19.7 Å². The van der Waals surface area contributed by atoms with E-state index in [0.29, 0.717) is 22.8 Å². The zero-order valence-electron chi connectivity index (χ0n) is 24.1. The third-order valence-electron chi connectivity index (χ3n) is 6.77. The monoisotopic (exact) mass is 619 g/mol. The molecule has 0 bridgehead atoms. The standard InChI is InChI=1S/C30H35ClFN3O6S/c1-6-20(2)33-30(37)21(3)34(18-22-7-9-23(31)10-8-22)29(36)19-35(25-13-11-24(32)12-14-25)42(38,39)26-15-16-27(40-4)28(17-26)41-5/h7-17,20-21H,6,18-19H2,1-5H3,(H,33,37)/t20-,21+/m0/s1. The first-order valence-corrected chi connectivity index (χ1v) is 15.1. The van der Waals surface area contributed by atoms with Gasteiger partial charge in [0, 0.05) is 23.7 Å². The van der Waals surface area contributed by atoms with Gasteiger partial charge in [0.1, 0.15) is 18.4 Å². The molecule has 0 unspecified atom stereocenters. The Hall–Kier alpha value is -3.83. The van der Waals surface area contributed by atoms with Crippen LogP contribution >= 0.6 is 11.6 Å². The van der Waals surface area contributed by atoms with Crippen molar-refractivity contribution in [3.05, 3.63) is 83.1 Å². The molecule has 12 heteroatoms. The van der Waals surface area contributed by atoms with Crippen LogP contribution in [0, 0.1) is 5.82 Å². The van der Waals surface area contributed by atoms with Crippen molar-refractivity contribution in [2.24, 2.45) is 0 Å². The second kappa shape index (κ2) is 14.4. The highest BCUT2D eigenvalue weighted by Gasteiger charge is 2.33. The van der Waals surface area contributed by atoms with E-state index in [1.165, 1.54) is 49.5 Å². The summed E-state index contributed by atoms with van der Waals surface area (Å²) < 4.78 is 53.2. The maximum atomic E-state index is 14.0. The summed E-state index contributed by atoms with van der Waals surface area (Å²) >= 11 is 6.03. The molecule has 0 saturated heterocycles. The number of hydrogen-bond donors (Lipinski definition) is 1. The summed E-state index contributed by atoms with van der Waals surface area (Å²) in [7, 11) is -1.60. The molecule has 0 fully saturated rings. The lowest BCUT2D eigenvalue weighted by Crippen LogP contribution is -2.52. The molecule has 0 heterocycles. The lowest BCUT2D eigenvalue weighted by Gasteiger charge is -2.32. The Morgan fingerprint density at radius 3 is 2.14 bits per heavy atom. The second-order valence-electron chi connectivity index (χ2n) is 9.65. The average molecular weight is 620 g/mol. The maximum Gasteiger partial charge on any atom is 0.264 e. The van der Waals surface area contributed by atoms with Crippen LogP contribution in [-0.4, -0.2) is 58.0 Å². The molecule has 3 aromatic rings. The number of ether oxygens (including phenoxy) is 2. The Morgan fingerprint density at radius 2 is 1.57 bits per heavy atom. The van der Waals surface area contributed by atoms with Crippen molar-refractivity contribution in [3.8, 4) is 11.5 Å². The van der Waals surface area contributed by atoms with Gasteiger partial charge in [-0.1, -0.05) is 30.7 Å². The van der Waals surface area contributed by atoms with E-state index in [0.717, 1.165) is 16.4 Å². The summed E-state index contributed by atoms with van der Waals surface area (Å²) in [5.41, 5.74) is 0.745. The number of benzene rings is 3. The van der Waals surface area contributed by atoms with Crippen LogP contribution in [0.25, 0.3) is 0 Å². The van der Waals surface area contributed by atoms with Crippen LogP contribution in [-0.2, 0) is 26.2 Å². The predicted molar refractivity (Wildman–Crippen MR) is 160 cm³/mol. The van der Waals surface area contributed by atoms with Crippen LogP contribution in [0.15, 0.2) is 71.6 Å². The van der Waals surface area contributed by atoms with Gasteiger partial charge in [0.05, 0.1) is 24.8 Å². The van der Waals surface area contributed by atoms with Crippen LogP contribution < -0.4 is 19.1 Å². The topological polar surface area (TPSA) is 105 Å². The van der Waals surface area contributed by atoms with E-state index in [4.69, 9.17) is 21.1 Å². The molecule has 0 spiro atoms. The third-order valence-corrected chi connectivity index (χ3v) is 8.79. The van der Waals surface area contributed by atoms with E-state index in [-0.39, 0.29) is 34.8 Å². The van der Waals surface area contributed by atoms with Gasteiger partial charge in [-0.3, -0.25) is 13.9 Å². The van der Waals surface area contributed by atoms with E-state index in [1.54, 1.807) is 31.2 Å². The second-order valence-corrected chi connectivity index (χ2v) is 11.9. The molecular weight excluding hydrogens is 585 g/mol. The fourth-order valence-corrected chi connectivity index (χ4v) is 5.63. The number of halogens is 2. The zero-order chi connectivity index (χ0) is 31.0. The van der Waals surface area contributed by atoms with Gasteiger partial charge in [-0.05, 0) is 74.4 Å². The summed E-state index contributed by atoms with van der Waals surface area (Å²) in [5, 5.41) is 3.38. The van der Waals surface area contributed by atoms with Crippen LogP contribution in [0.1, 0.15) is 32.8 Å². The number of nitrogens with one attached hydrogen (secondary N) is 1. The molecule has 0 saturated carbocycles. The van der Waals surface area contributed by atoms with E-state index < -0.39 is 34.3 Å². The summed E-state index contributed by atoms with van der Waals surface area (Å²) in [6.45, 7) is 4.69. The highest BCUT2D eigenvalue weighted by atomic mass is 35.5. The molecule has 2 amide bonds. The number of hydrogen-bond acceptors (Lipinski definition) is 6. The fraction of sp³-hybridized carbons (Fsp3) is 0.333. The van der Waals surface area contributed by atoms with Crippen molar-refractivity contribution in [3.63, 3.8) is 0 Å². The van der Waals surface area contributed by atoms with E-state index in [2.05, 4.69) is 5.32 Å². The number of nitrogens with zero attached hydrogens (tertiary/aromatic N) is 2. The summed E-state index contributed by atoms with van der Waals surface area (Å²) in [6.07, 6.45) is 0.686. The van der Waals surface area contributed by atoms with Crippen molar-refractivity contribution in [1.29, 1.82) is 0 Å². The van der Waals surface area contributed by atoms with E-state index >= 15 is 0 Å². The van der Waals surface area contributed by atoms with Crippen molar-refractivity contribution >= 4 is 39.1 Å². The minimum Gasteiger partial charge on any atom is -0.493 e. The molecule has 0 aliphatic heterocycles. The molecule has 0 radical (unpaired) electrons. The number of methoxy groups -OCH3 is 2. The number of sulfonamides is 1. The molecule has 42 heavy (non-hydrogen) atoms. The normalized spacial score (nSPS) is 12.6. The fourth-order valence-electron chi connectivity index (χ4n) is 4.07. The number of carbonyl (C=O) groups is 2. The maximum absolute atomic E-state index is 14.0. The number of carbonyl (C=O) groups excluding carboxylic acids is 2. The summed E-state index contributed by atoms with van der Waals surface area (Å²) in [4.78, 5) is 28.2. The minimum absolute atomic E-state index is 0.0127. The Balaban J connectivity index is 2.06. The van der Waals surface area contributed by atoms with Crippen LogP contribution in [0.5, 0.6) is 11.5 Å². The van der Waals surface area contributed by atoms with Crippen molar-refractivity contribution in [1.82, 2.24) is 10.2 Å². The number of anilines is 1. The Kier molecular flexibility index (Phi) is 11.2. The van der Waals surface area contributed by atoms with Crippen molar-refractivity contribution < 1.29 is 31.9 Å². The molecule has 0 aliphatic carbocycles. The average Bonchev–Trinajstić information content (AvgIpc) is 2.98.